The molecule has 2 aromatic rings. The number of nitrogens with one attached hydrogen (secondary N) is 1. The van der Waals surface area contributed by atoms with Crippen LogP contribution in [0, 0.1) is 13.8 Å². The number of nitrogens with zero attached hydrogens (tertiary/aromatic N) is 1. The third kappa shape index (κ3) is 2.85. The molecule has 0 saturated carbocycles. The van der Waals surface area contributed by atoms with E-state index in [0.717, 1.165) is 22.3 Å². The third-order valence-electron chi connectivity index (χ3n) is 3.53. The average molecular weight is 312 g/mol. The number of aromatic hydroxyl groups is 1. The Morgan fingerprint density at radius 1 is 1.32 bits per heavy atom. The van der Waals surface area contributed by atoms with E-state index < -0.39 is 0 Å². The van der Waals surface area contributed by atoms with Crippen molar-refractivity contribution in [2.24, 2.45) is 0 Å². The molecule has 5 heteroatoms. The topological polar surface area (TPSA) is 62.2 Å². The molecule has 112 valence electrons. The Morgan fingerprint density at radius 3 is 2.68 bits per heavy atom. The average Bonchev–Trinajstić information content (AvgIpc) is 2.87. The van der Waals surface area contributed by atoms with Gasteiger partial charge in [0, 0.05) is 18.0 Å². The summed E-state index contributed by atoms with van der Waals surface area (Å²) in [6.07, 6.45) is 5.33. The van der Waals surface area contributed by atoms with Gasteiger partial charge in [-0.25, -0.2) is 0 Å². The van der Waals surface area contributed by atoms with Crippen molar-refractivity contribution in [1.82, 2.24) is 10.3 Å². The number of amides is 1. The first kappa shape index (κ1) is 14.7. The lowest BCUT2D eigenvalue weighted by atomic mass is 10.1. The Morgan fingerprint density at radius 2 is 2.05 bits per heavy atom. The van der Waals surface area contributed by atoms with Crippen LogP contribution in [0.5, 0.6) is 5.75 Å². The van der Waals surface area contributed by atoms with Crippen LogP contribution in [0.2, 0.25) is 0 Å². The fourth-order valence-electron chi connectivity index (χ4n) is 2.41. The van der Waals surface area contributed by atoms with Gasteiger partial charge in [0.05, 0.1) is 4.91 Å². The second-order valence-corrected chi connectivity index (χ2v) is 6.42. The van der Waals surface area contributed by atoms with Gasteiger partial charge in [0.2, 0.25) is 0 Å². The van der Waals surface area contributed by atoms with Crippen molar-refractivity contribution in [3.8, 4) is 5.75 Å². The molecule has 1 unspecified atom stereocenters. The van der Waals surface area contributed by atoms with Gasteiger partial charge in [-0.2, -0.15) is 0 Å². The van der Waals surface area contributed by atoms with Crippen molar-refractivity contribution in [1.29, 1.82) is 0 Å². The quantitative estimate of drug-likeness (QED) is 0.835. The van der Waals surface area contributed by atoms with Gasteiger partial charge in [-0.1, -0.05) is 17.8 Å². The zero-order valence-electron chi connectivity index (χ0n) is 12.3. The molecule has 1 aromatic carbocycles. The lowest BCUT2D eigenvalue weighted by Gasteiger charge is -2.07. The van der Waals surface area contributed by atoms with Crippen molar-refractivity contribution >= 4 is 23.7 Å². The number of aryl methyl sites for hydroxylation is 2. The van der Waals surface area contributed by atoms with Crippen molar-refractivity contribution in [2.75, 3.05) is 0 Å². The maximum Gasteiger partial charge on any atom is 0.258 e. The zero-order chi connectivity index (χ0) is 15.7. The van der Waals surface area contributed by atoms with Gasteiger partial charge in [0.1, 0.15) is 11.1 Å². The number of carbonyl (C=O) groups excluding carboxylic acids is 1. The molecule has 1 aliphatic rings. The van der Waals surface area contributed by atoms with E-state index in [4.69, 9.17) is 0 Å². The van der Waals surface area contributed by atoms with Crippen LogP contribution < -0.4 is 5.32 Å². The standard InChI is InChI=1S/C17H16N2O2S/c1-10-6-12(7-11(2)15(10)20)8-14-16(21)19-17(22-14)13-4-3-5-18-9-13/h3-9,17,20H,1-2H3,(H,19,21). The molecular formula is C17H16N2O2S. The van der Waals surface area contributed by atoms with Crippen LogP contribution in [0.1, 0.15) is 27.6 Å². The molecule has 1 amide bonds. The molecule has 1 fully saturated rings. The van der Waals surface area contributed by atoms with E-state index in [1.54, 1.807) is 12.4 Å². The van der Waals surface area contributed by atoms with Crippen molar-refractivity contribution in [3.05, 3.63) is 63.8 Å². The summed E-state index contributed by atoms with van der Waals surface area (Å²) in [7, 11) is 0. The molecule has 1 aromatic heterocycles. The largest absolute Gasteiger partial charge is 0.507 e. The van der Waals surface area contributed by atoms with Crippen LogP contribution in [-0.2, 0) is 4.79 Å². The number of rotatable bonds is 2. The number of carbonyl (C=O) groups is 1. The molecule has 22 heavy (non-hydrogen) atoms. The van der Waals surface area contributed by atoms with Crippen LogP contribution in [0.15, 0.2) is 41.6 Å². The molecule has 2 heterocycles. The Balaban J connectivity index is 1.88. The summed E-state index contributed by atoms with van der Waals surface area (Å²) in [4.78, 5) is 16.9. The molecule has 1 aliphatic heterocycles. The fourth-order valence-corrected chi connectivity index (χ4v) is 3.47. The molecule has 4 nitrogen and oxygen atoms in total. The summed E-state index contributed by atoms with van der Waals surface area (Å²) in [6, 6.07) is 7.56. The highest BCUT2D eigenvalue weighted by molar-refractivity contribution is 8.04. The van der Waals surface area contributed by atoms with Gasteiger partial charge in [0.15, 0.2) is 0 Å². The van der Waals surface area contributed by atoms with Gasteiger partial charge < -0.3 is 10.4 Å². The van der Waals surface area contributed by atoms with Crippen molar-refractivity contribution in [3.63, 3.8) is 0 Å². The number of thioether (sulfide) groups is 1. The molecule has 1 saturated heterocycles. The highest BCUT2D eigenvalue weighted by atomic mass is 32.2. The van der Waals surface area contributed by atoms with Crippen LogP contribution in [0.4, 0.5) is 0 Å². The molecule has 0 radical (unpaired) electrons. The van der Waals surface area contributed by atoms with Crippen LogP contribution in [0.3, 0.4) is 0 Å². The monoisotopic (exact) mass is 312 g/mol. The first-order chi connectivity index (χ1) is 10.5. The van der Waals surface area contributed by atoms with Crippen molar-refractivity contribution in [2.45, 2.75) is 19.2 Å². The van der Waals surface area contributed by atoms with E-state index in [9.17, 15) is 9.90 Å². The SMILES string of the molecule is Cc1cc(C=C2SC(c3cccnc3)NC2=O)cc(C)c1O. The van der Waals surface area contributed by atoms with Crippen LogP contribution in [0.25, 0.3) is 6.08 Å². The Labute approximate surface area is 133 Å². The normalized spacial score (nSPS) is 19.5. The van der Waals surface area contributed by atoms with Gasteiger partial charge in [-0.3, -0.25) is 9.78 Å². The molecular weight excluding hydrogens is 296 g/mol. The maximum atomic E-state index is 12.1. The Hall–Kier alpha value is -2.27. The predicted molar refractivity (Wildman–Crippen MR) is 88.3 cm³/mol. The van der Waals surface area contributed by atoms with E-state index in [1.165, 1.54) is 11.8 Å². The maximum absolute atomic E-state index is 12.1. The molecule has 0 spiro atoms. The molecule has 3 rings (SSSR count). The second-order valence-electron chi connectivity index (χ2n) is 5.27. The molecule has 0 aliphatic carbocycles. The fraction of sp³-hybridized carbons (Fsp3) is 0.176. The van der Waals surface area contributed by atoms with Crippen LogP contribution in [-0.4, -0.2) is 16.0 Å². The van der Waals surface area contributed by atoms with E-state index in [1.807, 2.05) is 44.2 Å². The number of hydrogen-bond acceptors (Lipinski definition) is 4. The molecule has 0 bridgehead atoms. The van der Waals surface area contributed by atoms with Gasteiger partial charge in [-0.05, 0) is 54.8 Å². The summed E-state index contributed by atoms with van der Waals surface area (Å²) in [5, 5.41) is 12.7. The highest BCUT2D eigenvalue weighted by Gasteiger charge is 2.28. The minimum Gasteiger partial charge on any atom is -0.507 e. The Kier molecular flexibility index (Phi) is 3.90. The number of pyridine rings is 1. The lowest BCUT2D eigenvalue weighted by molar-refractivity contribution is -0.116. The summed E-state index contributed by atoms with van der Waals surface area (Å²) in [6.45, 7) is 3.70. The van der Waals surface area contributed by atoms with E-state index in [2.05, 4.69) is 10.3 Å². The van der Waals surface area contributed by atoms with Gasteiger partial charge in [0.25, 0.3) is 5.91 Å². The minimum absolute atomic E-state index is 0.0813. The van der Waals surface area contributed by atoms with Crippen LogP contribution >= 0.6 is 11.8 Å². The Bertz CT molecular complexity index is 734. The molecule has 2 N–H and O–H groups in total. The smallest absolute Gasteiger partial charge is 0.258 e. The number of benzene rings is 1. The van der Waals surface area contributed by atoms with Gasteiger partial charge >= 0.3 is 0 Å². The summed E-state index contributed by atoms with van der Waals surface area (Å²) >= 11 is 1.48. The number of phenolic OH excluding ortho intramolecular Hbond substituents is 1. The number of hydrogen-bond donors (Lipinski definition) is 2. The molecule has 1 atom stereocenters. The number of phenols is 1. The highest BCUT2D eigenvalue weighted by Crippen LogP contribution is 2.39. The predicted octanol–water partition coefficient (Wildman–Crippen LogP) is 3.31. The summed E-state index contributed by atoms with van der Waals surface area (Å²) in [5.74, 6) is 0.223. The first-order valence-electron chi connectivity index (χ1n) is 6.94. The van der Waals surface area contributed by atoms with E-state index in [-0.39, 0.29) is 11.3 Å². The summed E-state index contributed by atoms with van der Waals surface area (Å²) < 4.78 is 0. The summed E-state index contributed by atoms with van der Waals surface area (Å²) in [5.41, 5.74) is 3.50. The van der Waals surface area contributed by atoms with Gasteiger partial charge in [-0.15, -0.1) is 0 Å². The van der Waals surface area contributed by atoms with E-state index in [0.29, 0.717) is 10.7 Å². The lowest BCUT2D eigenvalue weighted by Crippen LogP contribution is -2.18. The van der Waals surface area contributed by atoms with E-state index >= 15 is 0 Å². The first-order valence-corrected chi connectivity index (χ1v) is 7.82. The van der Waals surface area contributed by atoms with Crippen molar-refractivity contribution < 1.29 is 9.90 Å². The third-order valence-corrected chi connectivity index (χ3v) is 4.71. The minimum atomic E-state index is -0.105. The zero-order valence-corrected chi connectivity index (χ0v) is 13.1. The second kappa shape index (κ2) is 5.85. The number of aromatic nitrogens is 1.